The smallest absolute Gasteiger partial charge is 0.194 e. The van der Waals surface area contributed by atoms with Crippen molar-refractivity contribution < 1.29 is 4.74 Å². The molecule has 1 aliphatic rings. The Morgan fingerprint density at radius 2 is 2.00 bits per heavy atom. The molecule has 0 unspecified atom stereocenters. The van der Waals surface area contributed by atoms with Gasteiger partial charge in [-0.3, -0.25) is 0 Å². The van der Waals surface area contributed by atoms with E-state index in [1.807, 2.05) is 25.1 Å². The summed E-state index contributed by atoms with van der Waals surface area (Å²) < 4.78 is 5.39. The van der Waals surface area contributed by atoms with E-state index in [9.17, 15) is 0 Å². The quantitative estimate of drug-likeness (QED) is 0.507. The summed E-state index contributed by atoms with van der Waals surface area (Å²) in [5.41, 5.74) is 1.09. The Hall–Kier alpha value is -1.46. The first kappa shape index (κ1) is 14.0. The Labute approximate surface area is 119 Å². The van der Waals surface area contributed by atoms with Gasteiger partial charge in [0.15, 0.2) is 5.11 Å². The van der Waals surface area contributed by atoms with E-state index in [0.717, 1.165) is 44.2 Å². The molecule has 0 aliphatic carbocycles. The first-order chi connectivity index (χ1) is 9.31. The predicted molar refractivity (Wildman–Crippen MR) is 81.6 cm³/mol. The fourth-order valence-corrected chi connectivity index (χ4v) is 2.20. The minimum Gasteiger partial charge on any atom is -0.378 e. The molecule has 1 heterocycles. The van der Waals surface area contributed by atoms with Gasteiger partial charge in [0.1, 0.15) is 5.84 Å². The monoisotopic (exact) mass is 277 g/mol. The van der Waals surface area contributed by atoms with Crippen molar-refractivity contribution in [2.75, 3.05) is 32.8 Å². The second-order valence-electron chi connectivity index (χ2n) is 4.24. The van der Waals surface area contributed by atoms with Crippen LogP contribution < -0.4 is 5.32 Å². The Morgan fingerprint density at radius 1 is 1.32 bits per heavy atom. The molecule has 1 aliphatic heterocycles. The third kappa shape index (κ3) is 4.01. The third-order valence-corrected chi connectivity index (χ3v) is 3.11. The molecule has 2 rings (SSSR count). The van der Waals surface area contributed by atoms with Crippen LogP contribution in [0.3, 0.4) is 0 Å². The third-order valence-electron chi connectivity index (χ3n) is 2.88. The lowest BCUT2D eigenvalue weighted by Gasteiger charge is -2.30. The van der Waals surface area contributed by atoms with Crippen LogP contribution in [-0.2, 0) is 4.74 Å². The number of hydrogen-bond acceptors (Lipinski definition) is 2. The van der Waals surface area contributed by atoms with Crippen LogP contribution in [-0.4, -0.2) is 48.7 Å². The van der Waals surface area contributed by atoms with Crippen molar-refractivity contribution in [3.8, 4) is 0 Å². The van der Waals surface area contributed by atoms with E-state index in [1.165, 1.54) is 0 Å². The molecule has 1 fully saturated rings. The minimum atomic E-state index is 0.535. The lowest BCUT2D eigenvalue weighted by Crippen LogP contribution is -2.42. The van der Waals surface area contributed by atoms with Gasteiger partial charge < -0.3 is 15.0 Å². The van der Waals surface area contributed by atoms with Crippen molar-refractivity contribution in [1.82, 2.24) is 10.2 Å². The highest BCUT2D eigenvalue weighted by molar-refractivity contribution is 7.80. The zero-order valence-corrected chi connectivity index (χ0v) is 11.9. The van der Waals surface area contributed by atoms with Crippen molar-refractivity contribution in [3.63, 3.8) is 0 Å². The Balaban J connectivity index is 2.24. The average molecular weight is 277 g/mol. The molecule has 0 spiro atoms. The number of thiocarbonyl (C=S) groups is 1. The summed E-state index contributed by atoms with van der Waals surface area (Å²) in [6.07, 6.45) is 0. The highest BCUT2D eigenvalue weighted by Gasteiger charge is 2.17. The van der Waals surface area contributed by atoms with Gasteiger partial charge in [0.2, 0.25) is 0 Å². The van der Waals surface area contributed by atoms with Crippen LogP contribution in [0.15, 0.2) is 35.3 Å². The number of morpholine rings is 1. The number of rotatable bonds is 2. The van der Waals surface area contributed by atoms with E-state index < -0.39 is 0 Å². The molecular weight excluding hydrogens is 258 g/mol. The molecule has 102 valence electrons. The lowest BCUT2D eigenvalue weighted by molar-refractivity contribution is 0.0683. The average Bonchev–Trinajstić information content (AvgIpc) is 2.47. The molecule has 0 saturated carbocycles. The van der Waals surface area contributed by atoms with Gasteiger partial charge >= 0.3 is 0 Å². The maximum absolute atomic E-state index is 5.39. The van der Waals surface area contributed by atoms with Gasteiger partial charge in [-0.2, -0.15) is 0 Å². The summed E-state index contributed by atoms with van der Waals surface area (Å²) in [4.78, 5) is 6.79. The summed E-state index contributed by atoms with van der Waals surface area (Å²) in [6.45, 7) is 5.97. The van der Waals surface area contributed by atoms with E-state index in [-0.39, 0.29) is 0 Å². The zero-order valence-electron chi connectivity index (χ0n) is 11.1. The van der Waals surface area contributed by atoms with Crippen molar-refractivity contribution in [3.05, 3.63) is 35.9 Å². The normalized spacial score (nSPS) is 16.3. The molecule has 1 aromatic rings. The number of nitrogens with zero attached hydrogens (tertiary/aromatic N) is 2. The van der Waals surface area contributed by atoms with E-state index in [0.29, 0.717) is 5.11 Å². The Bertz CT molecular complexity index is 441. The van der Waals surface area contributed by atoms with Crippen LogP contribution in [0.4, 0.5) is 0 Å². The maximum atomic E-state index is 5.39. The molecule has 1 N–H and O–H groups in total. The molecule has 1 aromatic carbocycles. The standard InChI is InChI=1S/C14H19N3OS/c1-2-15-14(19)16-13(12-6-4-3-5-7-12)17-8-10-18-11-9-17/h3-7H,2,8-11H2,1H3,(H,15,19)/b16-13+. The number of nitrogens with one attached hydrogen (secondary N) is 1. The Kier molecular flexibility index (Phi) is 5.30. The van der Waals surface area contributed by atoms with Gasteiger partial charge in [-0.25, -0.2) is 4.99 Å². The summed E-state index contributed by atoms with van der Waals surface area (Å²) in [7, 11) is 0. The summed E-state index contributed by atoms with van der Waals surface area (Å²) in [5, 5.41) is 3.61. The van der Waals surface area contributed by atoms with Gasteiger partial charge in [-0.05, 0) is 19.1 Å². The van der Waals surface area contributed by atoms with Crippen LogP contribution in [0.25, 0.3) is 0 Å². The number of benzene rings is 1. The SMILES string of the molecule is CCNC(=S)/N=C(\c1ccccc1)N1CCOCC1. The molecule has 4 nitrogen and oxygen atoms in total. The van der Waals surface area contributed by atoms with Crippen LogP contribution in [0.1, 0.15) is 12.5 Å². The van der Waals surface area contributed by atoms with Gasteiger partial charge in [0.05, 0.1) is 13.2 Å². The Morgan fingerprint density at radius 3 is 2.63 bits per heavy atom. The van der Waals surface area contributed by atoms with E-state index in [2.05, 4.69) is 27.3 Å². The van der Waals surface area contributed by atoms with E-state index in [1.54, 1.807) is 0 Å². The van der Waals surface area contributed by atoms with Crippen molar-refractivity contribution in [2.24, 2.45) is 4.99 Å². The molecule has 0 atom stereocenters. The largest absolute Gasteiger partial charge is 0.378 e. The highest BCUT2D eigenvalue weighted by Crippen LogP contribution is 2.09. The summed E-state index contributed by atoms with van der Waals surface area (Å²) in [6, 6.07) is 10.2. The lowest BCUT2D eigenvalue weighted by atomic mass is 10.2. The van der Waals surface area contributed by atoms with Crippen LogP contribution >= 0.6 is 12.2 Å². The van der Waals surface area contributed by atoms with Crippen molar-refractivity contribution >= 4 is 23.2 Å². The summed E-state index contributed by atoms with van der Waals surface area (Å²) in [5.74, 6) is 0.926. The minimum absolute atomic E-state index is 0.535. The predicted octanol–water partition coefficient (Wildman–Crippen LogP) is 1.66. The molecular formula is C14H19N3OS. The summed E-state index contributed by atoms with van der Waals surface area (Å²) >= 11 is 5.24. The molecule has 19 heavy (non-hydrogen) atoms. The molecule has 0 aromatic heterocycles. The van der Waals surface area contributed by atoms with E-state index in [4.69, 9.17) is 17.0 Å². The number of amidine groups is 1. The second kappa shape index (κ2) is 7.21. The molecule has 0 amide bonds. The molecule has 0 radical (unpaired) electrons. The number of hydrogen-bond donors (Lipinski definition) is 1. The zero-order chi connectivity index (χ0) is 13.5. The highest BCUT2D eigenvalue weighted by atomic mass is 32.1. The fourth-order valence-electron chi connectivity index (χ4n) is 1.97. The second-order valence-corrected chi connectivity index (χ2v) is 4.62. The van der Waals surface area contributed by atoms with Crippen molar-refractivity contribution in [2.45, 2.75) is 6.92 Å². The first-order valence-corrected chi connectivity index (χ1v) is 6.96. The molecule has 0 bridgehead atoms. The topological polar surface area (TPSA) is 36.9 Å². The molecule has 5 heteroatoms. The molecule has 1 saturated heterocycles. The first-order valence-electron chi connectivity index (χ1n) is 6.56. The number of ether oxygens (including phenoxy) is 1. The van der Waals surface area contributed by atoms with Crippen molar-refractivity contribution in [1.29, 1.82) is 0 Å². The van der Waals surface area contributed by atoms with Crippen LogP contribution in [0, 0.1) is 0 Å². The van der Waals surface area contributed by atoms with Gasteiger partial charge in [-0.15, -0.1) is 0 Å². The van der Waals surface area contributed by atoms with Crippen LogP contribution in [0.5, 0.6) is 0 Å². The van der Waals surface area contributed by atoms with Gasteiger partial charge in [0, 0.05) is 25.2 Å². The number of aliphatic imine (C=N–C) groups is 1. The van der Waals surface area contributed by atoms with Crippen LogP contribution in [0.2, 0.25) is 0 Å². The van der Waals surface area contributed by atoms with E-state index >= 15 is 0 Å². The fraction of sp³-hybridized carbons (Fsp3) is 0.429. The van der Waals surface area contributed by atoms with Gasteiger partial charge in [0.25, 0.3) is 0 Å². The van der Waals surface area contributed by atoms with Gasteiger partial charge in [-0.1, -0.05) is 30.3 Å². The maximum Gasteiger partial charge on any atom is 0.194 e.